The van der Waals surface area contributed by atoms with Crippen LogP contribution in [0.15, 0.2) is 47.4 Å². The molecule has 2 aromatic rings. The van der Waals surface area contributed by atoms with Crippen LogP contribution in [0.4, 0.5) is 13.2 Å². The molecule has 8 heteroatoms. The fourth-order valence-electron chi connectivity index (χ4n) is 1.65. The molecule has 0 radical (unpaired) electrons. The SMILES string of the molecule is CCCCSc1cccc2ccccc12.O=S(=O)(O)C(F)(F)F. The molecule has 0 spiro atoms. The lowest BCUT2D eigenvalue weighted by molar-refractivity contribution is -0.0510. The van der Waals surface area contributed by atoms with Gasteiger partial charge >= 0.3 is 15.6 Å². The highest BCUT2D eigenvalue weighted by Gasteiger charge is 2.44. The van der Waals surface area contributed by atoms with Crippen LogP contribution in [0.2, 0.25) is 0 Å². The lowest BCUT2D eigenvalue weighted by Crippen LogP contribution is -2.21. The first-order valence-corrected chi connectivity index (χ1v) is 9.23. The van der Waals surface area contributed by atoms with Gasteiger partial charge in [0.2, 0.25) is 0 Å². The van der Waals surface area contributed by atoms with E-state index in [0.717, 1.165) is 0 Å². The van der Waals surface area contributed by atoms with Gasteiger partial charge in [0.05, 0.1) is 0 Å². The van der Waals surface area contributed by atoms with Crippen molar-refractivity contribution in [1.82, 2.24) is 0 Å². The fourth-order valence-corrected chi connectivity index (χ4v) is 2.82. The Hall–Kier alpha value is -1.25. The Labute approximate surface area is 137 Å². The molecule has 0 unspecified atom stereocenters. The maximum Gasteiger partial charge on any atom is 0.522 e. The zero-order valence-electron chi connectivity index (χ0n) is 12.4. The standard InChI is InChI=1S/C14H16S.CHF3O3S/c1-2-3-11-15-14-10-6-8-12-7-4-5-9-13(12)14;2-1(3,4)8(5,6)7/h4-10H,2-3,11H2,1H3;(H,5,6,7). The summed E-state index contributed by atoms with van der Waals surface area (Å²) >= 11 is 1.97. The minimum atomic E-state index is -5.84. The molecule has 0 aliphatic rings. The highest BCUT2D eigenvalue weighted by molar-refractivity contribution is 7.99. The molecule has 23 heavy (non-hydrogen) atoms. The van der Waals surface area contributed by atoms with E-state index >= 15 is 0 Å². The van der Waals surface area contributed by atoms with E-state index < -0.39 is 15.6 Å². The first kappa shape index (κ1) is 19.8. The first-order valence-electron chi connectivity index (χ1n) is 6.81. The maximum atomic E-state index is 10.7. The summed E-state index contributed by atoms with van der Waals surface area (Å²) in [6.07, 6.45) is 2.58. The second kappa shape index (κ2) is 8.56. The fraction of sp³-hybridized carbons (Fsp3) is 0.333. The first-order chi connectivity index (χ1) is 10.7. The van der Waals surface area contributed by atoms with E-state index in [1.54, 1.807) is 0 Å². The molecular formula is C15H17F3O3S2. The molecule has 0 aliphatic carbocycles. The average Bonchev–Trinajstić information content (AvgIpc) is 2.46. The van der Waals surface area contributed by atoms with Crippen LogP contribution < -0.4 is 0 Å². The Balaban J connectivity index is 0.000000284. The average molecular weight is 366 g/mol. The van der Waals surface area contributed by atoms with Crippen molar-refractivity contribution in [3.63, 3.8) is 0 Å². The van der Waals surface area contributed by atoms with Gasteiger partial charge in [-0.1, -0.05) is 49.7 Å². The Kier molecular flexibility index (Phi) is 7.37. The Morgan fingerprint density at radius 1 is 1.09 bits per heavy atom. The molecule has 0 saturated heterocycles. The molecule has 0 fully saturated rings. The molecule has 0 aliphatic heterocycles. The van der Waals surface area contributed by atoms with E-state index in [0.29, 0.717) is 0 Å². The summed E-state index contributed by atoms with van der Waals surface area (Å²) in [6, 6.07) is 15.2. The summed E-state index contributed by atoms with van der Waals surface area (Å²) in [4.78, 5) is 1.42. The topological polar surface area (TPSA) is 54.4 Å². The molecule has 2 aromatic carbocycles. The van der Waals surface area contributed by atoms with E-state index in [9.17, 15) is 13.2 Å². The van der Waals surface area contributed by atoms with Crippen molar-refractivity contribution in [2.75, 3.05) is 5.75 Å². The summed E-state index contributed by atoms with van der Waals surface area (Å²) in [5.74, 6) is 1.23. The third-order valence-corrected chi connectivity index (χ3v) is 4.54. The highest BCUT2D eigenvalue weighted by atomic mass is 32.2. The number of alkyl halides is 3. The van der Waals surface area contributed by atoms with Crippen LogP contribution in [-0.2, 0) is 10.1 Å². The minimum absolute atomic E-state index is 1.23. The van der Waals surface area contributed by atoms with Crippen LogP contribution in [0.3, 0.4) is 0 Å². The Bertz CT molecular complexity index is 723. The summed E-state index contributed by atoms with van der Waals surface area (Å²) in [6.45, 7) is 2.24. The lowest BCUT2D eigenvalue weighted by atomic mass is 10.1. The summed E-state index contributed by atoms with van der Waals surface area (Å²) < 4.78 is 57.5. The van der Waals surface area contributed by atoms with Gasteiger partial charge < -0.3 is 0 Å². The van der Waals surface area contributed by atoms with Gasteiger partial charge in [0.25, 0.3) is 0 Å². The van der Waals surface area contributed by atoms with Gasteiger partial charge in [-0.3, -0.25) is 4.55 Å². The van der Waals surface area contributed by atoms with Gasteiger partial charge in [-0.2, -0.15) is 21.6 Å². The summed E-state index contributed by atoms with van der Waals surface area (Å²) in [5, 5.41) is 2.74. The van der Waals surface area contributed by atoms with Crippen molar-refractivity contribution in [3.05, 3.63) is 42.5 Å². The molecule has 2 rings (SSSR count). The molecular weight excluding hydrogens is 349 g/mol. The number of benzene rings is 2. The largest absolute Gasteiger partial charge is 0.522 e. The van der Waals surface area contributed by atoms with Crippen LogP contribution in [0.25, 0.3) is 10.8 Å². The van der Waals surface area contributed by atoms with Crippen molar-refractivity contribution in [1.29, 1.82) is 0 Å². The Morgan fingerprint density at radius 2 is 1.65 bits per heavy atom. The van der Waals surface area contributed by atoms with Crippen molar-refractivity contribution >= 4 is 32.7 Å². The third-order valence-electron chi connectivity index (χ3n) is 2.80. The molecule has 0 saturated carbocycles. The number of fused-ring (bicyclic) bond motifs is 1. The quantitative estimate of drug-likeness (QED) is 0.353. The normalized spacial score (nSPS) is 11.9. The smallest absolute Gasteiger partial charge is 0.279 e. The molecule has 128 valence electrons. The number of thioether (sulfide) groups is 1. The molecule has 0 atom stereocenters. The second-order valence-electron chi connectivity index (χ2n) is 4.60. The third kappa shape index (κ3) is 6.40. The van der Waals surface area contributed by atoms with Gasteiger partial charge in [-0.25, -0.2) is 0 Å². The van der Waals surface area contributed by atoms with Gasteiger partial charge in [0.15, 0.2) is 0 Å². The molecule has 3 nitrogen and oxygen atoms in total. The number of unbranched alkanes of at least 4 members (excludes halogenated alkanes) is 1. The number of hydrogen-bond donors (Lipinski definition) is 1. The highest BCUT2D eigenvalue weighted by Crippen LogP contribution is 2.28. The predicted octanol–water partition coefficient (Wildman–Crippen LogP) is 5.13. The predicted molar refractivity (Wildman–Crippen MR) is 87.2 cm³/mol. The van der Waals surface area contributed by atoms with Gasteiger partial charge in [-0.05, 0) is 29.0 Å². The maximum absolute atomic E-state index is 10.7. The molecule has 1 N–H and O–H groups in total. The van der Waals surface area contributed by atoms with Crippen molar-refractivity contribution in [3.8, 4) is 0 Å². The number of rotatable bonds is 4. The second-order valence-corrected chi connectivity index (χ2v) is 7.15. The summed E-state index contributed by atoms with van der Waals surface area (Å²) in [5.41, 5.74) is -5.53. The van der Waals surface area contributed by atoms with E-state index in [1.165, 1.54) is 34.3 Å². The van der Waals surface area contributed by atoms with Gasteiger partial charge in [-0.15, -0.1) is 11.8 Å². The van der Waals surface area contributed by atoms with Crippen molar-refractivity contribution < 1.29 is 26.1 Å². The Morgan fingerprint density at radius 3 is 2.22 bits per heavy atom. The van der Waals surface area contributed by atoms with Gasteiger partial charge in [0, 0.05) is 4.90 Å². The zero-order chi connectivity index (χ0) is 17.5. The van der Waals surface area contributed by atoms with E-state index in [2.05, 4.69) is 49.4 Å². The van der Waals surface area contributed by atoms with Crippen LogP contribution in [0, 0.1) is 0 Å². The van der Waals surface area contributed by atoms with Crippen LogP contribution in [0.5, 0.6) is 0 Å². The summed E-state index contributed by atoms with van der Waals surface area (Å²) in [7, 11) is -5.84. The number of halogens is 3. The monoisotopic (exact) mass is 366 g/mol. The van der Waals surface area contributed by atoms with Crippen molar-refractivity contribution in [2.24, 2.45) is 0 Å². The van der Waals surface area contributed by atoms with Crippen LogP contribution in [-0.4, -0.2) is 24.2 Å². The minimum Gasteiger partial charge on any atom is -0.279 e. The van der Waals surface area contributed by atoms with Crippen LogP contribution >= 0.6 is 11.8 Å². The zero-order valence-corrected chi connectivity index (χ0v) is 14.0. The van der Waals surface area contributed by atoms with Gasteiger partial charge in [0.1, 0.15) is 0 Å². The molecule has 0 bridgehead atoms. The van der Waals surface area contributed by atoms with E-state index in [1.807, 2.05) is 11.8 Å². The van der Waals surface area contributed by atoms with Crippen molar-refractivity contribution in [2.45, 2.75) is 30.2 Å². The molecule has 0 aromatic heterocycles. The van der Waals surface area contributed by atoms with E-state index in [-0.39, 0.29) is 0 Å². The molecule has 0 amide bonds. The number of hydrogen-bond acceptors (Lipinski definition) is 3. The van der Waals surface area contributed by atoms with Crippen LogP contribution in [0.1, 0.15) is 19.8 Å². The van der Waals surface area contributed by atoms with E-state index in [4.69, 9.17) is 13.0 Å². The molecule has 0 heterocycles. The lowest BCUT2D eigenvalue weighted by Gasteiger charge is -2.05.